The number of rotatable bonds is 4. The molecule has 94 valence electrons. The van der Waals surface area contributed by atoms with Crippen LogP contribution in [0, 0.1) is 10.1 Å². The van der Waals surface area contributed by atoms with Crippen LogP contribution < -0.4 is 4.83 Å². The summed E-state index contributed by atoms with van der Waals surface area (Å²) < 4.78 is 23.7. The summed E-state index contributed by atoms with van der Waals surface area (Å²) in [6, 6.07) is 4.91. The number of nitro groups is 1. The zero-order chi connectivity index (χ0) is 13.3. The van der Waals surface area contributed by atoms with Crippen LogP contribution >= 0.6 is 0 Å². The van der Waals surface area contributed by atoms with Crippen molar-refractivity contribution in [3.05, 3.63) is 34.4 Å². The molecule has 17 heavy (non-hydrogen) atoms. The fourth-order valence-electron chi connectivity index (χ4n) is 1.18. The number of non-ortho nitro benzene ring substituents is 1. The topological polar surface area (TPSA) is 89.3 Å². The lowest BCUT2D eigenvalue weighted by Gasteiger charge is -2.23. The third-order valence-corrected chi connectivity index (χ3v) is 3.40. The van der Waals surface area contributed by atoms with Gasteiger partial charge in [0.15, 0.2) is 0 Å². The van der Waals surface area contributed by atoms with Gasteiger partial charge in [0.25, 0.3) is 15.7 Å². The summed E-state index contributed by atoms with van der Waals surface area (Å²) in [7, 11) is 1.15. The first-order valence-electron chi connectivity index (χ1n) is 4.72. The van der Waals surface area contributed by atoms with E-state index in [4.69, 9.17) is 0 Å². The van der Waals surface area contributed by atoms with E-state index in [1.165, 1.54) is 18.2 Å². The molecule has 0 aliphatic rings. The summed E-state index contributed by atoms with van der Waals surface area (Å²) in [6.07, 6.45) is 0. The third kappa shape index (κ3) is 3.77. The summed E-state index contributed by atoms with van der Waals surface area (Å²) in [6.45, 7) is 0. The number of hydrogen-bond donors (Lipinski definition) is 1. The van der Waals surface area contributed by atoms with Gasteiger partial charge >= 0.3 is 0 Å². The SMILES string of the molecule is C[N+](C)(C)NS(=O)(=O)c1cccc([N+](=O)[O-])c1. The first kappa shape index (κ1) is 13.6. The molecule has 0 atom stereocenters. The predicted molar refractivity (Wildman–Crippen MR) is 61.5 cm³/mol. The lowest BCUT2D eigenvalue weighted by Crippen LogP contribution is -2.50. The van der Waals surface area contributed by atoms with Crippen LogP contribution in [0.2, 0.25) is 0 Å². The Bertz CT molecular complexity index is 533. The minimum absolute atomic E-state index is 0.00890. The number of hydrogen-bond acceptors (Lipinski definition) is 4. The molecule has 0 fully saturated rings. The van der Waals surface area contributed by atoms with Crippen molar-refractivity contribution in [2.75, 3.05) is 21.1 Å². The third-order valence-electron chi connectivity index (χ3n) is 1.73. The van der Waals surface area contributed by atoms with Gasteiger partial charge in [0, 0.05) is 12.1 Å². The normalized spacial score (nSPS) is 12.4. The molecule has 0 unspecified atom stereocenters. The van der Waals surface area contributed by atoms with Gasteiger partial charge in [-0.2, -0.15) is 0 Å². The molecule has 0 spiro atoms. The lowest BCUT2D eigenvalue weighted by molar-refractivity contribution is -0.900. The van der Waals surface area contributed by atoms with Crippen molar-refractivity contribution < 1.29 is 17.9 Å². The molecule has 0 saturated carbocycles. The van der Waals surface area contributed by atoms with Crippen LogP contribution in [0.3, 0.4) is 0 Å². The molecule has 8 heteroatoms. The van der Waals surface area contributed by atoms with Crippen LogP contribution in [0.1, 0.15) is 0 Å². The van der Waals surface area contributed by atoms with Gasteiger partial charge in [-0.3, -0.25) is 10.1 Å². The summed E-state index contributed by atoms with van der Waals surface area (Å²) in [5, 5.41) is 10.6. The van der Waals surface area contributed by atoms with Gasteiger partial charge in [-0.05, 0) is 6.07 Å². The fourth-order valence-corrected chi connectivity index (χ4v) is 2.54. The fraction of sp³-hybridized carbons (Fsp3) is 0.333. The predicted octanol–water partition coefficient (Wildman–Crippen LogP) is 0.494. The molecule has 0 amide bonds. The molecule has 0 radical (unpaired) electrons. The summed E-state index contributed by atoms with van der Waals surface area (Å²) in [4.78, 5) is 12.2. The standard InChI is InChI=1S/C9H14N3O4S/c1-12(2,3)10-17(15,16)9-6-4-5-8(7-9)11(13)14/h4-7,10H,1-3H3/q+1. The number of nitrogens with one attached hydrogen (secondary N) is 1. The minimum Gasteiger partial charge on any atom is -0.258 e. The van der Waals surface area contributed by atoms with E-state index in [1.807, 2.05) is 0 Å². The molecule has 0 bridgehead atoms. The molecule has 0 aliphatic heterocycles. The van der Waals surface area contributed by atoms with E-state index >= 15 is 0 Å². The monoisotopic (exact) mass is 260 g/mol. The second kappa shape index (κ2) is 4.40. The number of quaternary nitrogens is 1. The van der Waals surface area contributed by atoms with E-state index in [9.17, 15) is 18.5 Å². The van der Waals surface area contributed by atoms with Gasteiger partial charge in [0.05, 0.1) is 31.0 Å². The average Bonchev–Trinajstić information content (AvgIpc) is 2.14. The van der Waals surface area contributed by atoms with E-state index in [0.29, 0.717) is 0 Å². The molecule has 0 aromatic heterocycles. The average molecular weight is 260 g/mol. The van der Waals surface area contributed by atoms with Crippen LogP contribution in [0.15, 0.2) is 29.2 Å². The molecule has 1 aromatic carbocycles. The van der Waals surface area contributed by atoms with Crippen molar-refractivity contribution in [1.29, 1.82) is 0 Å². The first-order valence-corrected chi connectivity index (χ1v) is 6.20. The Labute approximate surface area is 99.4 Å². The van der Waals surface area contributed by atoms with Crippen molar-refractivity contribution >= 4 is 15.7 Å². The Morgan fingerprint density at radius 3 is 2.35 bits per heavy atom. The maximum absolute atomic E-state index is 11.9. The molecule has 0 aliphatic carbocycles. The molecule has 0 saturated heterocycles. The summed E-state index contributed by atoms with van der Waals surface area (Å²) in [5.41, 5.74) is -0.255. The second-order valence-electron chi connectivity index (χ2n) is 4.36. The van der Waals surface area contributed by atoms with E-state index in [-0.39, 0.29) is 15.2 Å². The highest BCUT2D eigenvalue weighted by atomic mass is 32.2. The molecule has 0 heterocycles. The van der Waals surface area contributed by atoms with Crippen LogP contribution in [0.25, 0.3) is 0 Å². The molecular weight excluding hydrogens is 246 g/mol. The Morgan fingerprint density at radius 1 is 1.29 bits per heavy atom. The second-order valence-corrected chi connectivity index (χ2v) is 6.02. The van der Waals surface area contributed by atoms with E-state index in [0.717, 1.165) is 6.07 Å². The Kier molecular flexibility index (Phi) is 3.51. The molecule has 1 rings (SSSR count). The zero-order valence-corrected chi connectivity index (χ0v) is 10.6. The maximum atomic E-state index is 11.9. The van der Waals surface area contributed by atoms with Gasteiger partial charge in [-0.15, -0.1) is 0 Å². The van der Waals surface area contributed by atoms with Gasteiger partial charge < -0.3 is 0 Å². The highest BCUT2D eigenvalue weighted by Crippen LogP contribution is 2.17. The Morgan fingerprint density at radius 2 is 1.88 bits per heavy atom. The lowest BCUT2D eigenvalue weighted by atomic mass is 10.3. The van der Waals surface area contributed by atoms with Crippen LogP contribution in [-0.2, 0) is 10.0 Å². The zero-order valence-electron chi connectivity index (χ0n) is 9.75. The van der Waals surface area contributed by atoms with E-state index in [1.54, 1.807) is 21.1 Å². The first-order chi connectivity index (χ1) is 7.62. The van der Waals surface area contributed by atoms with Crippen LogP contribution in [0.4, 0.5) is 5.69 Å². The molecular formula is C9H14N3O4S+. The highest BCUT2D eigenvalue weighted by molar-refractivity contribution is 7.89. The minimum atomic E-state index is -3.76. The number of sulfonamides is 1. The summed E-state index contributed by atoms with van der Waals surface area (Å²) >= 11 is 0. The van der Waals surface area contributed by atoms with Gasteiger partial charge in [-0.1, -0.05) is 10.9 Å². The maximum Gasteiger partial charge on any atom is 0.282 e. The smallest absolute Gasteiger partial charge is 0.258 e. The van der Waals surface area contributed by atoms with Crippen molar-refractivity contribution in [1.82, 2.24) is 4.83 Å². The van der Waals surface area contributed by atoms with E-state index in [2.05, 4.69) is 4.83 Å². The van der Waals surface area contributed by atoms with Crippen molar-refractivity contribution in [2.24, 2.45) is 0 Å². The van der Waals surface area contributed by atoms with E-state index < -0.39 is 14.9 Å². The van der Waals surface area contributed by atoms with Crippen LogP contribution in [-0.4, -0.2) is 39.1 Å². The largest absolute Gasteiger partial charge is 0.282 e. The summed E-state index contributed by atoms with van der Waals surface area (Å²) in [5.74, 6) is 0. The molecule has 1 N–H and O–H groups in total. The molecule has 7 nitrogen and oxygen atoms in total. The van der Waals surface area contributed by atoms with Crippen molar-refractivity contribution in [2.45, 2.75) is 4.90 Å². The highest BCUT2D eigenvalue weighted by Gasteiger charge is 2.23. The van der Waals surface area contributed by atoms with Gasteiger partial charge in [0.1, 0.15) is 0 Å². The quantitative estimate of drug-likeness (QED) is 0.485. The van der Waals surface area contributed by atoms with Gasteiger partial charge in [0.2, 0.25) is 0 Å². The van der Waals surface area contributed by atoms with Crippen LogP contribution in [0.5, 0.6) is 0 Å². The Balaban J connectivity index is 3.16. The van der Waals surface area contributed by atoms with Gasteiger partial charge in [-0.25, -0.2) is 13.0 Å². The molecule has 1 aromatic rings. The van der Waals surface area contributed by atoms with Crippen molar-refractivity contribution in [3.8, 4) is 0 Å². The number of benzene rings is 1. The Hall–Kier alpha value is -1.51. The van der Waals surface area contributed by atoms with Crippen molar-refractivity contribution in [3.63, 3.8) is 0 Å². The number of nitrogens with zero attached hydrogens (tertiary/aromatic N) is 2. The number of nitro benzene ring substituents is 1.